The predicted octanol–water partition coefficient (Wildman–Crippen LogP) is 6.73. The van der Waals surface area contributed by atoms with Crippen molar-refractivity contribution in [3.8, 4) is 11.5 Å². The van der Waals surface area contributed by atoms with Crippen LogP contribution in [0, 0.1) is 0 Å². The molecule has 1 aliphatic heterocycles. The molecule has 0 aliphatic carbocycles. The van der Waals surface area contributed by atoms with Gasteiger partial charge in [0.1, 0.15) is 23.1 Å². The Bertz CT molecular complexity index is 1700. The van der Waals surface area contributed by atoms with E-state index in [1.165, 1.54) is 35.7 Å². The van der Waals surface area contributed by atoms with E-state index in [1.807, 2.05) is 24.3 Å². The quantitative estimate of drug-likeness (QED) is 0.155. The molecular weight excluding hydrogens is 701 g/mol. The number of alkyl halides is 3. The number of rotatable bonds is 14. The highest BCUT2D eigenvalue weighted by atomic mass is 32.2. The summed E-state index contributed by atoms with van der Waals surface area (Å²) in [6.45, 7) is 7.93. The van der Waals surface area contributed by atoms with Gasteiger partial charge in [0.2, 0.25) is 5.91 Å². The summed E-state index contributed by atoms with van der Waals surface area (Å²) in [6, 6.07) is 16.4. The molecule has 3 aromatic rings. The van der Waals surface area contributed by atoms with Crippen LogP contribution in [-0.2, 0) is 27.4 Å². The number of amides is 4. The number of hydrogen-bond donors (Lipinski definition) is 3. The van der Waals surface area contributed by atoms with E-state index in [1.54, 1.807) is 39.0 Å². The summed E-state index contributed by atoms with van der Waals surface area (Å²) in [5.74, 6) is -0.456. The lowest BCUT2D eigenvalue weighted by Gasteiger charge is -2.27. The van der Waals surface area contributed by atoms with Crippen molar-refractivity contribution in [1.29, 1.82) is 0 Å². The zero-order chi connectivity index (χ0) is 37.9. The maximum Gasteiger partial charge on any atom is 0.573 e. The van der Waals surface area contributed by atoms with Gasteiger partial charge in [-0.2, -0.15) is 0 Å². The number of fused-ring (bicyclic) bond motifs is 1. The molecule has 15 heteroatoms. The lowest BCUT2D eigenvalue weighted by Crippen LogP contribution is -2.50. The van der Waals surface area contributed by atoms with Crippen molar-refractivity contribution in [1.82, 2.24) is 16.0 Å². The SMILES string of the molecule is CC(=O)NCCCCCOc1ccc(CNC(=O)c2ccc3c(c2)N(Cc2ccc(OC(F)(F)F)cc2)C(=O)[C@@H](NC(=O)OC(C)(C)C)CS3)cc1. The molecule has 4 rings (SSSR count). The number of carbonyl (C=O) groups excluding carboxylic acids is 4. The highest BCUT2D eigenvalue weighted by Crippen LogP contribution is 2.37. The van der Waals surface area contributed by atoms with Crippen LogP contribution in [0.2, 0.25) is 0 Å². The molecule has 0 bridgehead atoms. The summed E-state index contributed by atoms with van der Waals surface area (Å²) < 4.78 is 53.3. The number of nitrogens with one attached hydrogen (secondary N) is 3. The third-order valence-corrected chi connectivity index (χ3v) is 8.67. The zero-order valence-electron chi connectivity index (χ0n) is 29.4. The van der Waals surface area contributed by atoms with Crippen LogP contribution < -0.4 is 30.3 Å². The van der Waals surface area contributed by atoms with Crippen molar-refractivity contribution < 1.29 is 46.6 Å². The monoisotopic (exact) mass is 744 g/mol. The third kappa shape index (κ3) is 13.0. The van der Waals surface area contributed by atoms with Gasteiger partial charge in [0.05, 0.1) is 18.8 Å². The summed E-state index contributed by atoms with van der Waals surface area (Å²) >= 11 is 1.31. The average molecular weight is 745 g/mol. The molecule has 4 amide bonds. The molecule has 1 atom stereocenters. The van der Waals surface area contributed by atoms with Crippen molar-refractivity contribution in [3.63, 3.8) is 0 Å². The molecule has 0 fully saturated rings. The first-order valence-electron chi connectivity index (χ1n) is 16.7. The van der Waals surface area contributed by atoms with Gasteiger partial charge >= 0.3 is 12.5 Å². The largest absolute Gasteiger partial charge is 0.573 e. The van der Waals surface area contributed by atoms with Crippen molar-refractivity contribution in [2.24, 2.45) is 0 Å². The van der Waals surface area contributed by atoms with E-state index in [0.717, 1.165) is 37.0 Å². The lowest BCUT2D eigenvalue weighted by molar-refractivity contribution is -0.274. The first kappa shape index (κ1) is 39.9. The zero-order valence-corrected chi connectivity index (χ0v) is 30.2. The van der Waals surface area contributed by atoms with Crippen LogP contribution in [0.1, 0.15) is 68.4 Å². The van der Waals surface area contributed by atoms with Crippen molar-refractivity contribution in [2.45, 2.75) is 82.9 Å². The molecule has 11 nitrogen and oxygen atoms in total. The fourth-order valence-corrected chi connectivity index (χ4v) is 6.14. The molecule has 0 spiro atoms. The van der Waals surface area contributed by atoms with Crippen molar-refractivity contribution >= 4 is 41.3 Å². The number of anilines is 1. The minimum atomic E-state index is -4.86. The Morgan fingerprint density at radius 2 is 1.56 bits per heavy atom. The van der Waals surface area contributed by atoms with E-state index in [0.29, 0.717) is 35.0 Å². The number of alkyl carbamates (subject to hydrolysis) is 1. The molecule has 3 N–H and O–H groups in total. The summed E-state index contributed by atoms with van der Waals surface area (Å²) in [5.41, 5.74) is 1.21. The number of ether oxygens (including phenoxy) is 3. The second kappa shape index (κ2) is 18.0. The second-order valence-corrected chi connectivity index (χ2v) is 14.1. The van der Waals surface area contributed by atoms with Crippen LogP contribution in [0.3, 0.4) is 0 Å². The molecule has 1 heterocycles. The predicted molar refractivity (Wildman–Crippen MR) is 190 cm³/mol. The van der Waals surface area contributed by atoms with Crippen LogP contribution in [0.25, 0.3) is 0 Å². The van der Waals surface area contributed by atoms with E-state index in [-0.39, 0.29) is 36.2 Å². The van der Waals surface area contributed by atoms with Crippen LogP contribution in [0.15, 0.2) is 71.6 Å². The smallest absolute Gasteiger partial charge is 0.494 e. The van der Waals surface area contributed by atoms with Gasteiger partial charge < -0.3 is 35.1 Å². The van der Waals surface area contributed by atoms with Gasteiger partial charge in [0, 0.05) is 36.2 Å². The van der Waals surface area contributed by atoms with E-state index in [4.69, 9.17) is 9.47 Å². The third-order valence-electron chi connectivity index (χ3n) is 7.51. The molecule has 0 unspecified atom stereocenters. The van der Waals surface area contributed by atoms with E-state index in [2.05, 4.69) is 20.7 Å². The summed E-state index contributed by atoms with van der Waals surface area (Å²) in [4.78, 5) is 53.0. The fourth-order valence-electron chi connectivity index (χ4n) is 5.08. The number of carbonyl (C=O) groups is 4. The minimum absolute atomic E-state index is 0.0408. The molecule has 0 saturated heterocycles. The Morgan fingerprint density at radius 3 is 2.21 bits per heavy atom. The van der Waals surface area contributed by atoms with Crippen LogP contribution in [0.5, 0.6) is 11.5 Å². The number of hydrogen-bond acceptors (Lipinski definition) is 8. The molecule has 0 radical (unpaired) electrons. The number of benzene rings is 3. The van der Waals surface area contributed by atoms with Gasteiger partial charge in [-0.25, -0.2) is 4.79 Å². The maximum atomic E-state index is 14.0. The van der Waals surface area contributed by atoms with E-state index in [9.17, 15) is 32.3 Å². The minimum Gasteiger partial charge on any atom is -0.494 e. The van der Waals surface area contributed by atoms with Gasteiger partial charge in [-0.05, 0) is 93.6 Å². The molecule has 280 valence electrons. The molecule has 1 aliphatic rings. The molecule has 3 aromatic carbocycles. The van der Waals surface area contributed by atoms with Crippen LogP contribution in [-0.4, -0.2) is 60.7 Å². The van der Waals surface area contributed by atoms with Gasteiger partial charge in [-0.1, -0.05) is 24.3 Å². The Balaban J connectivity index is 1.44. The Labute approximate surface area is 304 Å². The first-order chi connectivity index (χ1) is 24.6. The van der Waals surface area contributed by atoms with E-state index < -0.39 is 35.8 Å². The first-order valence-corrected chi connectivity index (χ1v) is 17.7. The fraction of sp³-hybridized carbons (Fsp3) is 0.405. The average Bonchev–Trinajstić information content (AvgIpc) is 3.18. The molecular formula is C37H43F3N4O7S. The lowest BCUT2D eigenvalue weighted by atomic mass is 10.1. The number of thioether (sulfide) groups is 1. The van der Waals surface area contributed by atoms with Crippen LogP contribution >= 0.6 is 11.8 Å². The number of halogens is 3. The Morgan fingerprint density at radius 1 is 0.885 bits per heavy atom. The van der Waals surface area contributed by atoms with Crippen molar-refractivity contribution in [2.75, 3.05) is 23.8 Å². The normalized spacial score (nSPS) is 14.5. The number of unbranched alkanes of at least 4 members (excludes halogenated alkanes) is 2. The Kier molecular flexibility index (Phi) is 13.8. The van der Waals surface area contributed by atoms with E-state index >= 15 is 0 Å². The topological polar surface area (TPSA) is 135 Å². The summed E-state index contributed by atoms with van der Waals surface area (Å²) in [7, 11) is 0. The standard InChI is InChI=1S/C37H43F3N4O7S/c1-24(45)41-18-6-5-7-19-49-28-13-8-25(9-14-28)21-42-33(46)27-12-17-32-31(20-27)44(22-26-10-15-29(16-11-26)50-37(38,39)40)34(47)30(23-52-32)43-35(48)51-36(2,3)4/h8-17,20,30H,5-7,18-19,21-23H2,1-4H3,(H,41,45)(H,42,46)(H,43,48)/t30-/m0/s1. The highest BCUT2D eigenvalue weighted by Gasteiger charge is 2.34. The maximum absolute atomic E-state index is 14.0. The molecule has 52 heavy (non-hydrogen) atoms. The van der Waals surface area contributed by atoms with Gasteiger partial charge in [0.15, 0.2) is 0 Å². The van der Waals surface area contributed by atoms with Gasteiger partial charge in [0.25, 0.3) is 11.8 Å². The van der Waals surface area contributed by atoms with Crippen LogP contribution in [0.4, 0.5) is 23.7 Å². The number of nitrogens with zero attached hydrogens (tertiary/aromatic N) is 1. The summed E-state index contributed by atoms with van der Waals surface area (Å²) in [6.07, 6.45) is -2.98. The summed E-state index contributed by atoms with van der Waals surface area (Å²) in [5, 5.41) is 8.30. The molecule has 0 aromatic heterocycles. The van der Waals surface area contributed by atoms with Gasteiger partial charge in [-0.15, -0.1) is 24.9 Å². The van der Waals surface area contributed by atoms with Crippen molar-refractivity contribution in [3.05, 3.63) is 83.4 Å². The van der Waals surface area contributed by atoms with Gasteiger partial charge in [-0.3, -0.25) is 14.4 Å². The highest BCUT2D eigenvalue weighted by molar-refractivity contribution is 7.99. The second-order valence-electron chi connectivity index (χ2n) is 13.0. The molecule has 0 saturated carbocycles. The Hall–Kier alpha value is -4.92.